The highest BCUT2D eigenvalue weighted by Crippen LogP contribution is 2.24. The van der Waals surface area contributed by atoms with E-state index in [9.17, 15) is 0 Å². The van der Waals surface area contributed by atoms with Gasteiger partial charge in [0, 0.05) is 24.2 Å². The molecule has 0 aliphatic carbocycles. The van der Waals surface area contributed by atoms with Gasteiger partial charge in [-0.15, -0.1) is 0 Å². The Morgan fingerprint density at radius 2 is 1.86 bits per heavy atom. The summed E-state index contributed by atoms with van der Waals surface area (Å²) >= 11 is 0. The van der Waals surface area contributed by atoms with Crippen LogP contribution in [-0.2, 0) is 0 Å². The molecule has 106 valence electrons. The Morgan fingerprint density at radius 3 is 2.52 bits per heavy atom. The summed E-state index contributed by atoms with van der Waals surface area (Å²) in [5.74, 6) is 1.40. The summed E-state index contributed by atoms with van der Waals surface area (Å²) in [5, 5.41) is 4.21. The van der Waals surface area contributed by atoms with Gasteiger partial charge in [0.25, 0.3) is 0 Å². The first-order valence-electron chi connectivity index (χ1n) is 7.22. The predicted molar refractivity (Wildman–Crippen MR) is 88.6 cm³/mol. The van der Waals surface area contributed by atoms with Crippen molar-refractivity contribution in [3.63, 3.8) is 0 Å². The zero-order valence-electron chi connectivity index (χ0n) is 12.6. The summed E-state index contributed by atoms with van der Waals surface area (Å²) < 4.78 is 0. The van der Waals surface area contributed by atoms with Gasteiger partial charge >= 0.3 is 0 Å². The van der Waals surface area contributed by atoms with E-state index in [0.29, 0.717) is 5.92 Å². The summed E-state index contributed by atoms with van der Waals surface area (Å²) in [5.41, 5.74) is 4.35. The fourth-order valence-electron chi connectivity index (χ4n) is 2.36. The molecule has 0 bridgehead atoms. The average molecular weight is 277 g/mol. The van der Waals surface area contributed by atoms with Gasteiger partial charge in [0.05, 0.1) is 11.2 Å². The molecule has 1 N–H and O–H groups in total. The molecule has 1 aromatic carbocycles. The molecule has 0 fully saturated rings. The molecule has 0 amide bonds. The third-order valence-corrected chi connectivity index (χ3v) is 3.70. The highest BCUT2D eigenvalue weighted by Gasteiger charge is 2.05. The number of aromatic nitrogens is 2. The maximum absolute atomic E-state index is 4.74. The van der Waals surface area contributed by atoms with Gasteiger partial charge in [-0.1, -0.05) is 26.0 Å². The third kappa shape index (κ3) is 2.72. The van der Waals surface area contributed by atoms with Crippen LogP contribution in [0.3, 0.4) is 0 Å². The summed E-state index contributed by atoms with van der Waals surface area (Å²) in [6, 6.07) is 14.7. The second kappa shape index (κ2) is 5.52. The van der Waals surface area contributed by atoms with Gasteiger partial charge in [0.2, 0.25) is 0 Å². The van der Waals surface area contributed by atoms with Gasteiger partial charge < -0.3 is 5.32 Å². The summed E-state index contributed by atoms with van der Waals surface area (Å²) in [6.07, 6.45) is 1.85. The van der Waals surface area contributed by atoms with E-state index in [1.54, 1.807) is 0 Å². The second-order valence-corrected chi connectivity index (χ2v) is 5.49. The lowest BCUT2D eigenvalue weighted by Gasteiger charge is -2.08. The van der Waals surface area contributed by atoms with E-state index in [0.717, 1.165) is 22.6 Å². The topological polar surface area (TPSA) is 37.8 Å². The van der Waals surface area contributed by atoms with E-state index in [1.165, 1.54) is 10.9 Å². The second-order valence-electron chi connectivity index (χ2n) is 5.49. The molecule has 3 aromatic rings. The average Bonchev–Trinajstić information content (AvgIpc) is 2.54. The number of benzene rings is 1. The lowest BCUT2D eigenvalue weighted by atomic mass is 10.0. The fourth-order valence-corrected chi connectivity index (χ4v) is 2.36. The first-order valence-corrected chi connectivity index (χ1v) is 7.22. The minimum absolute atomic E-state index is 0.535. The molecule has 2 aromatic heterocycles. The minimum atomic E-state index is 0.535. The molecular weight excluding hydrogens is 258 g/mol. The van der Waals surface area contributed by atoms with Crippen LogP contribution in [0.1, 0.15) is 25.3 Å². The van der Waals surface area contributed by atoms with Gasteiger partial charge in [0.15, 0.2) is 0 Å². The van der Waals surface area contributed by atoms with Gasteiger partial charge in [0.1, 0.15) is 5.82 Å². The SMILES string of the molecule is CNc1ccc(-c2ccc3cc(C(C)C)ccc3n2)cn1. The summed E-state index contributed by atoms with van der Waals surface area (Å²) in [7, 11) is 1.86. The van der Waals surface area contributed by atoms with Gasteiger partial charge in [-0.2, -0.15) is 0 Å². The molecule has 3 nitrogen and oxygen atoms in total. The summed E-state index contributed by atoms with van der Waals surface area (Å²) in [6.45, 7) is 4.41. The Hall–Kier alpha value is -2.42. The van der Waals surface area contributed by atoms with E-state index >= 15 is 0 Å². The number of rotatable bonds is 3. The highest BCUT2D eigenvalue weighted by atomic mass is 14.9. The third-order valence-electron chi connectivity index (χ3n) is 3.70. The van der Waals surface area contributed by atoms with Gasteiger partial charge in [-0.3, -0.25) is 0 Å². The number of hydrogen-bond acceptors (Lipinski definition) is 3. The van der Waals surface area contributed by atoms with Crippen LogP contribution in [0.4, 0.5) is 5.82 Å². The van der Waals surface area contributed by atoms with Crippen LogP contribution in [0.2, 0.25) is 0 Å². The molecule has 0 unspecified atom stereocenters. The molecule has 2 heterocycles. The predicted octanol–water partition coefficient (Wildman–Crippen LogP) is 4.46. The van der Waals surface area contributed by atoms with Crippen molar-refractivity contribution in [2.45, 2.75) is 19.8 Å². The Balaban J connectivity index is 2.02. The Labute approximate surface area is 125 Å². The largest absolute Gasteiger partial charge is 0.373 e. The number of pyridine rings is 2. The standard InChI is InChI=1S/C18H19N3/c1-12(2)13-4-7-16-14(10-13)5-8-17(21-16)15-6-9-18(19-3)20-11-15/h4-12H,1-3H3,(H,19,20). The van der Waals surface area contributed by atoms with E-state index in [2.05, 4.69) is 54.5 Å². The van der Waals surface area contributed by atoms with Crippen LogP contribution in [0.15, 0.2) is 48.7 Å². The molecule has 0 spiro atoms. The Kier molecular flexibility index (Phi) is 3.57. The quantitative estimate of drug-likeness (QED) is 0.768. The molecule has 0 atom stereocenters. The highest BCUT2D eigenvalue weighted by molar-refractivity contribution is 5.82. The van der Waals surface area contributed by atoms with E-state index < -0.39 is 0 Å². The smallest absolute Gasteiger partial charge is 0.125 e. The van der Waals surface area contributed by atoms with E-state index in [4.69, 9.17) is 4.98 Å². The number of anilines is 1. The number of nitrogens with one attached hydrogen (secondary N) is 1. The van der Waals surface area contributed by atoms with Crippen molar-refractivity contribution < 1.29 is 0 Å². The van der Waals surface area contributed by atoms with Gasteiger partial charge in [-0.05, 0) is 41.8 Å². The maximum Gasteiger partial charge on any atom is 0.125 e. The lowest BCUT2D eigenvalue weighted by Crippen LogP contribution is -1.93. The molecule has 0 aliphatic heterocycles. The maximum atomic E-state index is 4.74. The molecule has 0 aliphatic rings. The molecule has 21 heavy (non-hydrogen) atoms. The Bertz CT molecular complexity index is 761. The Morgan fingerprint density at radius 1 is 1.00 bits per heavy atom. The molecule has 0 radical (unpaired) electrons. The zero-order chi connectivity index (χ0) is 14.8. The lowest BCUT2D eigenvalue weighted by molar-refractivity contribution is 0.868. The van der Waals surface area contributed by atoms with Crippen LogP contribution in [0.5, 0.6) is 0 Å². The molecular formula is C18H19N3. The minimum Gasteiger partial charge on any atom is -0.373 e. The molecule has 0 saturated carbocycles. The van der Waals surface area contributed by atoms with Crippen molar-refractivity contribution in [1.29, 1.82) is 0 Å². The fraction of sp³-hybridized carbons (Fsp3) is 0.222. The van der Waals surface area contributed by atoms with Crippen molar-refractivity contribution in [3.05, 3.63) is 54.2 Å². The number of hydrogen-bond donors (Lipinski definition) is 1. The molecule has 0 saturated heterocycles. The van der Waals surface area contributed by atoms with Crippen LogP contribution in [0.25, 0.3) is 22.2 Å². The van der Waals surface area contributed by atoms with Gasteiger partial charge in [-0.25, -0.2) is 9.97 Å². The van der Waals surface area contributed by atoms with Crippen LogP contribution in [-0.4, -0.2) is 17.0 Å². The molecule has 3 rings (SSSR count). The van der Waals surface area contributed by atoms with Crippen molar-refractivity contribution >= 4 is 16.7 Å². The normalized spacial score (nSPS) is 11.0. The van der Waals surface area contributed by atoms with Crippen LogP contribution < -0.4 is 5.32 Å². The summed E-state index contributed by atoms with van der Waals surface area (Å²) in [4.78, 5) is 9.08. The van der Waals surface area contributed by atoms with Crippen LogP contribution >= 0.6 is 0 Å². The van der Waals surface area contributed by atoms with Crippen molar-refractivity contribution in [2.75, 3.05) is 12.4 Å². The first-order chi connectivity index (χ1) is 10.2. The van der Waals surface area contributed by atoms with Crippen LogP contribution in [0, 0.1) is 0 Å². The number of fused-ring (bicyclic) bond motifs is 1. The van der Waals surface area contributed by atoms with Crippen molar-refractivity contribution in [2.24, 2.45) is 0 Å². The zero-order valence-corrected chi connectivity index (χ0v) is 12.6. The number of nitrogens with zero attached hydrogens (tertiary/aromatic N) is 2. The van der Waals surface area contributed by atoms with Crippen molar-refractivity contribution in [1.82, 2.24) is 9.97 Å². The van der Waals surface area contributed by atoms with E-state index in [1.807, 2.05) is 25.4 Å². The van der Waals surface area contributed by atoms with Crippen molar-refractivity contribution in [3.8, 4) is 11.3 Å². The monoisotopic (exact) mass is 277 g/mol. The first kappa shape index (κ1) is 13.6. The van der Waals surface area contributed by atoms with E-state index in [-0.39, 0.29) is 0 Å². The molecule has 3 heteroatoms.